The van der Waals surface area contributed by atoms with Gasteiger partial charge in [-0.15, -0.1) is 0 Å². The van der Waals surface area contributed by atoms with Crippen molar-refractivity contribution in [1.29, 1.82) is 0 Å². The smallest absolute Gasteiger partial charge is 0.0959 e. The summed E-state index contributed by atoms with van der Waals surface area (Å²) < 4.78 is 2.01. The Morgan fingerprint density at radius 2 is 2.24 bits per heavy atom. The SMILES string of the molecule is Cc1cccc(-c2nn(C)c3c2CCNC3)c1. The van der Waals surface area contributed by atoms with Crippen molar-refractivity contribution < 1.29 is 0 Å². The molecule has 0 saturated heterocycles. The molecule has 0 atom stereocenters. The summed E-state index contributed by atoms with van der Waals surface area (Å²) in [5, 5.41) is 8.08. The molecule has 0 saturated carbocycles. The van der Waals surface area contributed by atoms with E-state index in [1.165, 1.54) is 22.4 Å². The summed E-state index contributed by atoms with van der Waals surface area (Å²) in [5.41, 5.74) is 6.43. The molecule has 3 heteroatoms. The maximum atomic E-state index is 4.68. The van der Waals surface area contributed by atoms with Crippen LogP contribution in [0.15, 0.2) is 24.3 Å². The lowest BCUT2D eigenvalue weighted by Crippen LogP contribution is -2.24. The molecule has 1 aromatic carbocycles. The molecule has 3 nitrogen and oxygen atoms in total. The number of rotatable bonds is 1. The van der Waals surface area contributed by atoms with E-state index >= 15 is 0 Å². The molecule has 1 N–H and O–H groups in total. The molecule has 0 unspecified atom stereocenters. The predicted molar refractivity (Wildman–Crippen MR) is 68.8 cm³/mol. The minimum atomic E-state index is 0.935. The summed E-state index contributed by atoms with van der Waals surface area (Å²) in [5.74, 6) is 0. The monoisotopic (exact) mass is 227 g/mol. The van der Waals surface area contributed by atoms with Gasteiger partial charge in [0.1, 0.15) is 0 Å². The van der Waals surface area contributed by atoms with Gasteiger partial charge in [-0.3, -0.25) is 4.68 Å². The van der Waals surface area contributed by atoms with Gasteiger partial charge in [-0.05, 0) is 26.0 Å². The predicted octanol–water partition coefficient (Wildman–Crippen LogP) is 2.04. The molecule has 2 heterocycles. The Kier molecular flexibility index (Phi) is 2.48. The lowest BCUT2D eigenvalue weighted by atomic mass is 10.00. The number of aryl methyl sites for hydroxylation is 2. The molecule has 1 aliphatic heterocycles. The normalized spacial score (nSPS) is 14.7. The van der Waals surface area contributed by atoms with E-state index < -0.39 is 0 Å². The average Bonchev–Trinajstić information content (AvgIpc) is 2.68. The second-order valence-corrected chi connectivity index (χ2v) is 4.69. The van der Waals surface area contributed by atoms with Crippen LogP contribution in [0.2, 0.25) is 0 Å². The van der Waals surface area contributed by atoms with Crippen LogP contribution in [-0.4, -0.2) is 16.3 Å². The minimum Gasteiger partial charge on any atom is -0.311 e. The third-order valence-electron chi connectivity index (χ3n) is 3.41. The topological polar surface area (TPSA) is 29.9 Å². The van der Waals surface area contributed by atoms with Gasteiger partial charge in [0, 0.05) is 24.7 Å². The van der Waals surface area contributed by atoms with Crippen LogP contribution in [0.5, 0.6) is 0 Å². The van der Waals surface area contributed by atoms with E-state index in [2.05, 4.69) is 41.6 Å². The maximum Gasteiger partial charge on any atom is 0.0959 e. The lowest BCUT2D eigenvalue weighted by Gasteiger charge is -2.14. The fourth-order valence-corrected chi connectivity index (χ4v) is 2.53. The Hall–Kier alpha value is -1.61. The molecule has 0 aliphatic carbocycles. The number of aromatic nitrogens is 2. The van der Waals surface area contributed by atoms with Crippen LogP contribution in [0.4, 0.5) is 0 Å². The van der Waals surface area contributed by atoms with E-state index in [9.17, 15) is 0 Å². The van der Waals surface area contributed by atoms with Gasteiger partial charge in [0.05, 0.1) is 11.4 Å². The van der Waals surface area contributed by atoms with Gasteiger partial charge >= 0.3 is 0 Å². The molecule has 0 radical (unpaired) electrons. The third-order valence-corrected chi connectivity index (χ3v) is 3.41. The van der Waals surface area contributed by atoms with Gasteiger partial charge in [-0.2, -0.15) is 5.10 Å². The Morgan fingerprint density at radius 1 is 1.35 bits per heavy atom. The number of hydrogen-bond donors (Lipinski definition) is 1. The zero-order valence-electron chi connectivity index (χ0n) is 10.3. The van der Waals surface area contributed by atoms with E-state index in [0.717, 1.165) is 25.2 Å². The second-order valence-electron chi connectivity index (χ2n) is 4.69. The lowest BCUT2D eigenvalue weighted by molar-refractivity contribution is 0.593. The fourth-order valence-electron chi connectivity index (χ4n) is 2.53. The molecule has 0 amide bonds. The highest BCUT2D eigenvalue weighted by molar-refractivity contribution is 5.65. The molecule has 0 bridgehead atoms. The first-order valence-electron chi connectivity index (χ1n) is 6.08. The van der Waals surface area contributed by atoms with Crippen molar-refractivity contribution in [1.82, 2.24) is 15.1 Å². The summed E-state index contributed by atoms with van der Waals surface area (Å²) in [7, 11) is 2.03. The zero-order valence-corrected chi connectivity index (χ0v) is 10.3. The largest absolute Gasteiger partial charge is 0.311 e. The molecular formula is C14H17N3. The standard InChI is InChI=1S/C14H17N3/c1-10-4-3-5-11(8-10)14-12-6-7-15-9-13(12)17(2)16-14/h3-5,8,15H,6-7,9H2,1-2H3. The van der Waals surface area contributed by atoms with Crippen LogP contribution in [0.3, 0.4) is 0 Å². The quantitative estimate of drug-likeness (QED) is 0.808. The van der Waals surface area contributed by atoms with Crippen LogP contribution in [-0.2, 0) is 20.0 Å². The van der Waals surface area contributed by atoms with Crippen molar-refractivity contribution in [3.63, 3.8) is 0 Å². The van der Waals surface area contributed by atoms with Crippen molar-refractivity contribution in [3.8, 4) is 11.3 Å². The first kappa shape index (κ1) is 10.5. The van der Waals surface area contributed by atoms with Gasteiger partial charge in [0.25, 0.3) is 0 Å². The van der Waals surface area contributed by atoms with Crippen molar-refractivity contribution >= 4 is 0 Å². The molecule has 88 valence electrons. The summed E-state index contributed by atoms with van der Waals surface area (Å²) in [6.07, 6.45) is 1.08. The van der Waals surface area contributed by atoms with Crippen molar-refractivity contribution in [3.05, 3.63) is 41.1 Å². The third kappa shape index (κ3) is 1.76. The highest BCUT2D eigenvalue weighted by Gasteiger charge is 2.19. The van der Waals surface area contributed by atoms with E-state index in [0.29, 0.717) is 0 Å². The molecule has 1 aromatic heterocycles. The zero-order chi connectivity index (χ0) is 11.8. The molecule has 1 aliphatic rings. The number of nitrogens with one attached hydrogen (secondary N) is 1. The first-order valence-corrected chi connectivity index (χ1v) is 6.08. The molecule has 0 fully saturated rings. The van der Waals surface area contributed by atoms with E-state index in [1.54, 1.807) is 0 Å². The summed E-state index contributed by atoms with van der Waals surface area (Å²) in [6.45, 7) is 4.11. The van der Waals surface area contributed by atoms with Crippen LogP contribution in [0.25, 0.3) is 11.3 Å². The Labute approximate surface area is 101 Å². The van der Waals surface area contributed by atoms with Crippen LogP contribution in [0.1, 0.15) is 16.8 Å². The highest BCUT2D eigenvalue weighted by atomic mass is 15.3. The van der Waals surface area contributed by atoms with Crippen LogP contribution >= 0.6 is 0 Å². The molecule has 3 rings (SSSR count). The summed E-state index contributed by atoms with van der Waals surface area (Å²) in [6, 6.07) is 8.59. The number of fused-ring (bicyclic) bond motifs is 1. The van der Waals surface area contributed by atoms with Crippen LogP contribution < -0.4 is 5.32 Å². The average molecular weight is 227 g/mol. The summed E-state index contributed by atoms with van der Waals surface area (Å²) >= 11 is 0. The Bertz CT molecular complexity index is 555. The second kappa shape index (κ2) is 4.00. The first-order chi connectivity index (χ1) is 8.25. The Balaban J connectivity index is 2.15. The molecule has 17 heavy (non-hydrogen) atoms. The number of benzene rings is 1. The van der Waals surface area contributed by atoms with Gasteiger partial charge in [0.2, 0.25) is 0 Å². The number of hydrogen-bond acceptors (Lipinski definition) is 2. The van der Waals surface area contributed by atoms with Crippen LogP contribution in [0, 0.1) is 6.92 Å². The fraction of sp³-hybridized carbons (Fsp3) is 0.357. The Morgan fingerprint density at radius 3 is 3.06 bits per heavy atom. The van der Waals surface area contributed by atoms with Gasteiger partial charge < -0.3 is 5.32 Å². The van der Waals surface area contributed by atoms with Gasteiger partial charge in [0.15, 0.2) is 0 Å². The van der Waals surface area contributed by atoms with E-state index in [4.69, 9.17) is 0 Å². The summed E-state index contributed by atoms with van der Waals surface area (Å²) in [4.78, 5) is 0. The molecular weight excluding hydrogens is 210 g/mol. The highest BCUT2D eigenvalue weighted by Crippen LogP contribution is 2.27. The molecule has 0 spiro atoms. The molecule has 2 aromatic rings. The van der Waals surface area contributed by atoms with E-state index in [1.807, 2.05) is 11.7 Å². The maximum absolute atomic E-state index is 4.68. The van der Waals surface area contributed by atoms with Crippen molar-refractivity contribution in [2.24, 2.45) is 7.05 Å². The van der Waals surface area contributed by atoms with Gasteiger partial charge in [-0.25, -0.2) is 0 Å². The van der Waals surface area contributed by atoms with E-state index in [-0.39, 0.29) is 0 Å². The van der Waals surface area contributed by atoms with Crippen molar-refractivity contribution in [2.45, 2.75) is 19.9 Å². The number of nitrogens with zero attached hydrogens (tertiary/aromatic N) is 2. The minimum absolute atomic E-state index is 0.935. The van der Waals surface area contributed by atoms with Crippen molar-refractivity contribution in [2.75, 3.05) is 6.54 Å². The van der Waals surface area contributed by atoms with Gasteiger partial charge in [-0.1, -0.05) is 23.8 Å².